The van der Waals surface area contributed by atoms with Crippen molar-refractivity contribution >= 4 is 17.7 Å². The molecule has 6 nitrogen and oxygen atoms in total. The molecule has 3 N–H and O–H groups in total. The Kier molecular flexibility index (Phi) is 3.73. The van der Waals surface area contributed by atoms with Gasteiger partial charge in [-0.3, -0.25) is 0 Å². The van der Waals surface area contributed by atoms with Gasteiger partial charge in [-0.1, -0.05) is 6.07 Å². The van der Waals surface area contributed by atoms with Crippen molar-refractivity contribution < 1.29 is 24.9 Å². The molecular weight excluding hydrogens is 258 g/mol. The molecule has 0 unspecified atom stereocenters. The predicted octanol–water partition coefficient (Wildman–Crippen LogP) is 0.788. The van der Waals surface area contributed by atoms with Gasteiger partial charge in [-0.15, -0.1) is 11.8 Å². The van der Waals surface area contributed by atoms with Gasteiger partial charge in [-0.05, 0) is 12.1 Å². The molecule has 0 saturated heterocycles. The van der Waals surface area contributed by atoms with Gasteiger partial charge in [-0.25, -0.2) is 9.78 Å². The topological polar surface area (TPSA) is 99.9 Å². The lowest BCUT2D eigenvalue weighted by molar-refractivity contribution is -0.146. The summed E-state index contributed by atoms with van der Waals surface area (Å²) in [6.07, 6.45) is -0.715. The minimum atomic E-state index is -1.21. The van der Waals surface area contributed by atoms with Crippen LogP contribution in [0.15, 0.2) is 40.9 Å². The average molecular weight is 269 g/mol. The molecule has 0 amide bonds. The van der Waals surface area contributed by atoms with Gasteiger partial charge in [0, 0.05) is 11.9 Å². The quantitative estimate of drug-likeness (QED) is 0.548. The van der Waals surface area contributed by atoms with Crippen LogP contribution in [0.1, 0.15) is 0 Å². The van der Waals surface area contributed by atoms with E-state index in [1.54, 1.807) is 24.4 Å². The van der Waals surface area contributed by atoms with Gasteiger partial charge in [0.2, 0.25) is 5.76 Å². The van der Waals surface area contributed by atoms with Crippen LogP contribution in [0.4, 0.5) is 0 Å². The molecule has 2 atom stereocenters. The fraction of sp³-hybridized carbons (Fsp3) is 0.273. The van der Waals surface area contributed by atoms with E-state index in [2.05, 4.69) is 9.72 Å². The van der Waals surface area contributed by atoms with Crippen molar-refractivity contribution in [3.63, 3.8) is 0 Å². The average Bonchev–Trinajstić information content (AvgIpc) is 2.65. The third-order valence-corrected chi connectivity index (χ3v) is 3.37. The van der Waals surface area contributed by atoms with Crippen molar-refractivity contribution in [3.8, 4) is 0 Å². The van der Waals surface area contributed by atoms with Gasteiger partial charge in [0.05, 0.1) is 5.03 Å². The molecule has 1 aromatic rings. The zero-order valence-corrected chi connectivity index (χ0v) is 10.0. The van der Waals surface area contributed by atoms with Crippen molar-refractivity contribution in [1.29, 1.82) is 0 Å². The SMILES string of the molecule is O=C1O[C@H]([C@@H](O)CSc2ccccn2)C(O)=C1O. The number of rotatable bonds is 4. The summed E-state index contributed by atoms with van der Waals surface area (Å²) in [5.41, 5.74) is 0. The van der Waals surface area contributed by atoms with Gasteiger partial charge < -0.3 is 20.1 Å². The van der Waals surface area contributed by atoms with E-state index < -0.39 is 29.7 Å². The van der Waals surface area contributed by atoms with Crippen molar-refractivity contribution in [2.45, 2.75) is 17.2 Å². The maximum absolute atomic E-state index is 11.0. The highest BCUT2D eigenvalue weighted by atomic mass is 32.2. The first-order chi connectivity index (χ1) is 8.59. The van der Waals surface area contributed by atoms with E-state index in [1.165, 1.54) is 11.8 Å². The van der Waals surface area contributed by atoms with Crippen LogP contribution in [0.25, 0.3) is 0 Å². The second kappa shape index (κ2) is 5.28. The molecule has 96 valence electrons. The maximum Gasteiger partial charge on any atom is 0.377 e. The molecule has 0 spiro atoms. The summed E-state index contributed by atoms with van der Waals surface area (Å²) in [4.78, 5) is 15.0. The van der Waals surface area contributed by atoms with Crippen LogP contribution >= 0.6 is 11.8 Å². The molecule has 0 fully saturated rings. The van der Waals surface area contributed by atoms with Gasteiger partial charge in [0.15, 0.2) is 11.9 Å². The third-order valence-electron chi connectivity index (χ3n) is 2.33. The van der Waals surface area contributed by atoms with Crippen molar-refractivity contribution in [1.82, 2.24) is 4.98 Å². The highest BCUT2D eigenvalue weighted by Crippen LogP contribution is 2.25. The van der Waals surface area contributed by atoms with E-state index in [4.69, 9.17) is 5.11 Å². The molecule has 18 heavy (non-hydrogen) atoms. The number of ether oxygens (including phenoxy) is 1. The van der Waals surface area contributed by atoms with Crippen LogP contribution in [0.2, 0.25) is 0 Å². The lowest BCUT2D eigenvalue weighted by Gasteiger charge is -2.16. The van der Waals surface area contributed by atoms with Crippen LogP contribution in [0.5, 0.6) is 0 Å². The van der Waals surface area contributed by atoms with E-state index in [0.29, 0.717) is 5.03 Å². The predicted molar refractivity (Wildman–Crippen MR) is 63.1 cm³/mol. The molecule has 0 aliphatic carbocycles. The Morgan fingerprint density at radius 3 is 2.78 bits per heavy atom. The molecule has 2 heterocycles. The Morgan fingerprint density at radius 1 is 1.44 bits per heavy atom. The first-order valence-corrected chi connectivity index (χ1v) is 6.13. The van der Waals surface area contributed by atoms with Gasteiger partial charge in [0.25, 0.3) is 0 Å². The molecule has 1 aromatic heterocycles. The summed E-state index contributed by atoms with van der Waals surface area (Å²) in [6, 6.07) is 5.34. The van der Waals surface area contributed by atoms with Crippen molar-refractivity contribution in [2.75, 3.05) is 5.75 Å². The van der Waals surface area contributed by atoms with E-state index in [9.17, 15) is 15.0 Å². The molecule has 1 aliphatic rings. The number of cyclic esters (lactones) is 1. The Hall–Kier alpha value is -1.73. The van der Waals surface area contributed by atoms with Crippen LogP contribution in [0.3, 0.4) is 0 Å². The van der Waals surface area contributed by atoms with E-state index in [0.717, 1.165) is 0 Å². The molecule has 0 saturated carbocycles. The van der Waals surface area contributed by atoms with E-state index in [1.807, 2.05) is 0 Å². The van der Waals surface area contributed by atoms with Gasteiger partial charge in [-0.2, -0.15) is 0 Å². The summed E-state index contributed by atoms with van der Waals surface area (Å²) in [6.45, 7) is 0. The van der Waals surface area contributed by atoms with Crippen LogP contribution in [-0.2, 0) is 9.53 Å². The number of esters is 1. The summed E-state index contributed by atoms with van der Waals surface area (Å²) in [7, 11) is 0. The van der Waals surface area contributed by atoms with E-state index >= 15 is 0 Å². The largest absolute Gasteiger partial charge is 0.505 e. The second-order valence-electron chi connectivity index (χ2n) is 3.61. The third kappa shape index (κ3) is 2.57. The highest BCUT2D eigenvalue weighted by Gasteiger charge is 2.39. The fourth-order valence-corrected chi connectivity index (χ4v) is 2.24. The summed E-state index contributed by atoms with van der Waals surface area (Å²) < 4.78 is 4.64. The Balaban J connectivity index is 1.94. The monoisotopic (exact) mass is 269 g/mol. The number of carbonyl (C=O) groups is 1. The van der Waals surface area contributed by atoms with Crippen molar-refractivity contribution in [3.05, 3.63) is 35.9 Å². The number of nitrogens with zero attached hydrogens (tertiary/aromatic N) is 1. The minimum Gasteiger partial charge on any atom is -0.505 e. The molecule has 0 aromatic carbocycles. The number of carbonyl (C=O) groups excluding carboxylic acids is 1. The number of aromatic nitrogens is 1. The molecule has 2 rings (SSSR count). The van der Waals surface area contributed by atoms with Crippen LogP contribution < -0.4 is 0 Å². The Bertz CT molecular complexity index is 476. The normalized spacial score (nSPS) is 20.9. The zero-order valence-electron chi connectivity index (χ0n) is 9.18. The van der Waals surface area contributed by atoms with E-state index in [-0.39, 0.29) is 5.75 Å². The molecular formula is C11H11NO5S. The minimum absolute atomic E-state index is 0.173. The Labute approximate surface area is 107 Å². The summed E-state index contributed by atoms with van der Waals surface area (Å²) in [5.74, 6) is -2.33. The number of hydrogen-bond donors (Lipinski definition) is 3. The number of aliphatic hydroxyl groups is 3. The Morgan fingerprint density at radius 2 is 2.22 bits per heavy atom. The van der Waals surface area contributed by atoms with Gasteiger partial charge in [0.1, 0.15) is 6.10 Å². The second-order valence-corrected chi connectivity index (χ2v) is 4.65. The molecule has 0 bridgehead atoms. The van der Waals surface area contributed by atoms with Gasteiger partial charge >= 0.3 is 5.97 Å². The summed E-state index contributed by atoms with van der Waals surface area (Å²) in [5, 5.41) is 29.0. The highest BCUT2D eigenvalue weighted by molar-refractivity contribution is 7.99. The first-order valence-electron chi connectivity index (χ1n) is 5.14. The number of hydrogen-bond acceptors (Lipinski definition) is 7. The van der Waals surface area contributed by atoms with Crippen LogP contribution in [-0.4, -0.2) is 44.2 Å². The van der Waals surface area contributed by atoms with Crippen molar-refractivity contribution in [2.24, 2.45) is 0 Å². The molecule has 0 radical (unpaired) electrons. The number of thioether (sulfide) groups is 1. The molecule has 7 heteroatoms. The number of aliphatic hydroxyl groups excluding tert-OH is 3. The first kappa shape index (κ1) is 12.7. The molecule has 1 aliphatic heterocycles. The smallest absolute Gasteiger partial charge is 0.377 e. The maximum atomic E-state index is 11.0. The summed E-state index contributed by atoms with van der Waals surface area (Å²) >= 11 is 1.25. The lowest BCUT2D eigenvalue weighted by atomic mass is 10.2. The standard InChI is InChI=1S/C11H11NO5S/c13-6(5-18-7-3-1-2-4-12-7)10-8(14)9(15)11(16)17-10/h1-4,6,10,13-15H,5H2/t6-,10+/m0/s1. The zero-order chi connectivity index (χ0) is 13.1. The van der Waals surface area contributed by atoms with Crippen LogP contribution in [0, 0.1) is 0 Å². The lowest BCUT2D eigenvalue weighted by Crippen LogP contribution is -2.30. The number of pyridine rings is 1. The fourth-order valence-electron chi connectivity index (χ4n) is 1.42.